The summed E-state index contributed by atoms with van der Waals surface area (Å²) in [6.07, 6.45) is 2.24. The summed E-state index contributed by atoms with van der Waals surface area (Å²) in [4.78, 5) is 27.7. The summed E-state index contributed by atoms with van der Waals surface area (Å²) in [7, 11) is 1.39. The van der Waals surface area contributed by atoms with E-state index in [0.29, 0.717) is 44.5 Å². The van der Waals surface area contributed by atoms with Crippen LogP contribution in [0.5, 0.6) is 0 Å². The summed E-state index contributed by atoms with van der Waals surface area (Å²) in [5.74, 6) is 0.465. The molecule has 2 aromatic carbocycles. The maximum absolute atomic E-state index is 13.5. The second-order valence-electron chi connectivity index (χ2n) is 8.46. The molecule has 1 unspecified atom stereocenters. The molecule has 2 heterocycles. The zero-order chi connectivity index (χ0) is 22.6. The highest BCUT2D eigenvalue weighted by molar-refractivity contribution is 8.00. The van der Waals surface area contributed by atoms with Gasteiger partial charge in [0, 0.05) is 25.3 Å². The minimum absolute atomic E-state index is 0.0269. The molecule has 2 aliphatic heterocycles. The molecule has 1 N–H and O–H groups in total. The Morgan fingerprint density at radius 2 is 1.62 bits per heavy atom. The third-order valence-electron chi connectivity index (χ3n) is 6.34. The Bertz CT molecular complexity index is 926. The van der Waals surface area contributed by atoms with E-state index in [0.717, 1.165) is 11.1 Å². The van der Waals surface area contributed by atoms with Crippen LogP contribution in [0.2, 0.25) is 0 Å². The lowest BCUT2D eigenvalue weighted by Crippen LogP contribution is -2.48. The SMILES string of the molecule is COC(=O)CCCCC1(O)SC[C@@H]2[C@H]1N(Cc1ccccc1)C(=O)N2Cc1ccccc1. The summed E-state index contributed by atoms with van der Waals surface area (Å²) >= 11 is 1.54. The van der Waals surface area contributed by atoms with E-state index in [4.69, 9.17) is 4.74 Å². The Balaban J connectivity index is 1.54. The normalized spacial score (nSPS) is 24.6. The van der Waals surface area contributed by atoms with Crippen molar-refractivity contribution in [2.45, 2.75) is 55.8 Å². The molecule has 2 saturated heterocycles. The van der Waals surface area contributed by atoms with Gasteiger partial charge in [0.1, 0.15) is 4.93 Å². The lowest BCUT2D eigenvalue weighted by atomic mass is 9.97. The predicted octanol–water partition coefficient (Wildman–Crippen LogP) is 4.03. The lowest BCUT2D eigenvalue weighted by Gasteiger charge is -2.34. The third kappa shape index (κ3) is 4.79. The van der Waals surface area contributed by atoms with Crippen LogP contribution in [0, 0.1) is 0 Å². The van der Waals surface area contributed by atoms with Gasteiger partial charge in [0.15, 0.2) is 0 Å². The van der Waals surface area contributed by atoms with Crippen molar-refractivity contribution >= 4 is 23.8 Å². The van der Waals surface area contributed by atoms with Crippen LogP contribution in [0.3, 0.4) is 0 Å². The van der Waals surface area contributed by atoms with Crippen molar-refractivity contribution in [3.63, 3.8) is 0 Å². The Kier molecular flexibility index (Phi) is 7.06. The highest BCUT2D eigenvalue weighted by Gasteiger charge is 2.59. The van der Waals surface area contributed by atoms with Gasteiger partial charge in [-0.3, -0.25) is 4.79 Å². The molecule has 0 saturated carbocycles. The first-order valence-electron chi connectivity index (χ1n) is 11.1. The zero-order valence-corrected chi connectivity index (χ0v) is 19.2. The number of ether oxygens (including phenoxy) is 1. The molecule has 2 aliphatic rings. The fraction of sp³-hybridized carbons (Fsp3) is 0.440. The number of aliphatic hydroxyl groups is 1. The van der Waals surface area contributed by atoms with Crippen molar-refractivity contribution in [1.29, 1.82) is 0 Å². The van der Waals surface area contributed by atoms with Crippen LogP contribution < -0.4 is 0 Å². The van der Waals surface area contributed by atoms with Crippen molar-refractivity contribution in [1.82, 2.24) is 9.80 Å². The molecular formula is C25H30N2O4S. The van der Waals surface area contributed by atoms with Crippen LogP contribution in [0.15, 0.2) is 60.7 Å². The van der Waals surface area contributed by atoms with E-state index in [1.165, 1.54) is 18.9 Å². The Labute approximate surface area is 193 Å². The minimum Gasteiger partial charge on any atom is -0.469 e. The van der Waals surface area contributed by atoms with Crippen molar-refractivity contribution in [2.75, 3.05) is 12.9 Å². The van der Waals surface area contributed by atoms with Crippen LogP contribution in [-0.4, -0.2) is 56.8 Å². The molecule has 2 amide bonds. The van der Waals surface area contributed by atoms with Crippen LogP contribution >= 0.6 is 11.8 Å². The molecule has 2 aromatic rings. The number of nitrogens with zero attached hydrogens (tertiary/aromatic N) is 2. The maximum Gasteiger partial charge on any atom is 0.321 e. The molecule has 3 atom stereocenters. The number of thioether (sulfide) groups is 1. The number of hydrogen-bond acceptors (Lipinski definition) is 5. The van der Waals surface area contributed by atoms with Gasteiger partial charge in [-0.05, 0) is 30.4 Å². The van der Waals surface area contributed by atoms with Gasteiger partial charge in [0.2, 0.25) is 0 Å². The number of unbranched alkanes of at least 4 members (excludes halogenated alkanes) is 1. The number of carbonyl (C=O) groups is 2. The number of fused-ring (bicyclic) bond motifs is 1. The second kappa shape index (κ2) is 9.96. The molecule has 0 bridgehead atoms. The van der Waals surface area contributed by atoms with Gasteiger partial charge in [0.25, 0.3) is 0 Å². The van der Waals surface area contributed by atoms with E-state index >= 15 is 0 Å². The summed E-state index contributed by atoms with van der Waals surface area (Å²) in [5, 5.41) is 11.7. The van der Waals surface area contributed by atoms with Crippen LogP contribution in [0.4, 0.5) is 4.79 Å². The lowest BCUT2D eigenvalue weighted by molar-refractivity contribution is -0.140. The highest BCUT2D eigenvalue weighted by Crippen LogP contribution is 2.48. The van der Waals surface area contributed by atoms with Gasteiger partial charge >= 0.3 is 12.0 Å². The zero-order valence-electron chi connectivity index (χ0n) is 18.4. The average Bonchev–Trinajstić information content (AvgIpc) is 3.28. The van der Waals surface area contributed by atoms with Crippen LogP contribution in [0.25, 0.3) is 0 Å². The average molecular weight is 455 g/mol. The third-order valence-corrected chi connectivity index (χ3v) is 7.80. The Morgan fingerprint density at radius 3 is 2.22 bits per heavy atom. The molecule has 7 heteroatoms. The molecule has 170 valence electrons. The van der Waals surface area contributed by atoms with E-state index in [1.807, 2.05) is 70.5 Å². The van der Waals surface area contributed by atoms with Crippen molar-refractivity contribution in [3.8, 4) is 0 Å². The molecule has 32 heavy (non-hydrogen) atoms. The van der Waals surface area contributed by atoms with E-state index in [-0.39, 0.29) is 24.1 Å². The van der Waals surface area contributed by atoms with Gasteiger partial charge in [0.05, 0.1) is 19.2 Å². The topological polar surface area (TPSA) is 70.1 Å². The number of carbonyl (C=O) groups excluding carboxylic acids is 2. The van der Waals surface area contributed by atoms with E-state index < -0.39 is 4.93 Å². The van der Waals surface area contributed by atoms with Gasteiger partial charge in [-0.2, -0.15) is 0 Å². The summed E-state index contributed by atoms with van der Waals surface area (Å²) in [6, 6.07) is 19.6. The number of methoxy groups -OCH3 is 1. The quantitative estimate of drug-likeness (QED) is 0.352. The number of benzene rings is 2. The molecule has 0 spiro atoms. The van der Waals surface area contributed by atoms with E-state index in [1.54, 1.807) is 0 Å². The number of esters is 1. The van der Waals surface area contributed by atoms with Crippen molar-refractivity contribution in [2.24, 2.45) is 0 Å². The summed E-state index contributed by atoms with van der Waals surface area (Å²) in [5.41, 5.74) is 2.13. The largest absolute Gasteiger partial charge is 0.469 e. The number of hydrogen-bond donors (Lipinski definition) is 1. The minimum atomic E-state index is -1.03. The fourth-order valence-corrected chi connectivity index (χ4v) is 6.29. The first-order valence-corrected chi connectivity index (χ1v) is 12.1. The first kappa shape index (κ1) is 22.7. The molecule has 6 nitrogen and oxygen atoms in total. The molecular weight excluding hydrogens is 424 g/mol. The molecule has 0 aliphatic carbocycles. The van der Waals surface area contributed by atoms with Crippen LogP contribution in [-0.2, 0) is 22.6 Å². The smallest absolute Gasteiger partial charge is 0.321 e. The summed E-state index contributed by atoms with van der Waals surface area (Å²) < 4.78 is 4.72. The molecule has 0 aromatic heterocycles. The Morgan fingerprint density at radius 1 is 1.03 bits per heavy atom. The van der Waals surface area contributed by atoms with E-state index in [9.17, 15) is 14.7 Å². The standard InChI is InChI=1S/C25H30N2O4S/c1-31-22(28)14-8-9-15-25(30)23-21(18-32-25)26(16-19-10-4-2-5-11-19)24(29)27(23)17-20-12-6-3-7-13-20/h2-7,10-13,21,23,30H,8-9,14-18H2,1H3/t21-,23-,25?/m1/s1. The van der Waals surface area contributed by atoms with Gasteiger partial charge in [-0.15, -0.1) is 11.8 Å². The highest BCUT2D eigenvalue weighted by atomic mass is 32.2. The van der Waals surface area contributed by atoms with E-state index in [2.05, 4.69) is 0 Å². The number of amides is 2. The number of rotatable bonds is 9. The van der Waals surface area contributed by atoms with Crippen LogP contribution in [0.1, 0.15) is 36.8 Å². The monoisotopic (exact) mass is 454 g/mol. The molecule has 4 rings (SSSR count). The second-order valence-corrected chi connectivity index (χ2v) is 9.79. The Hall–Kier alpha value is -2.51. The van der Waals surface area contributed by atoms with Gasteiger partial charge in [-0.25, -0.2) is 4.79 Å². The fourth-order valence-electron chi connectivity index (χ4n) is 4.73. The predicted molar refractivity (Wildman–Crippen MR) is 125 cm³/mol. The number of urea groups is 1. The van der Waals surface area contributed by atoms with Gasteiger partial charge in [-0.1, -0.05) is 60.7 Å². The van der Waals surface area contributed by atoms with Crippen molar-refractivity contribution in [3.05, 3.63) is 71.8 Å². The molecule has 0 radical (unpaired) electrons. The summed E-state index contributed by atoms with van der Waals surface area (Å²) in [6.45, 7) is 1.00. The van der Waals surface area contributed by atoms with Gasteiger partial charge < -0.3 is 19.6 Å². The maximum atomic E-state index is 13.5. The van der Waals surface area contributed by atoms with Crippen molar-refractivity contribution < 1.29 is 19.4 Å². The first-order chi connectivity index (χ1) is 15.5. The molecule has 2 fully saturated rings.